The summed E-state index contributed by atoms with van der Waals surface area (Å²) in [6.07, 6.45) is 0. The Morgan fingerprint density at radius 1 is 0.889 bits per heavy atom. The van der Waals surface area contributed by atoms with Crippen molar-refractivity contribution in [3.8, 4) is 5.75 Å². The average molecular weight is 360 g/mol. The Hall–Kier alpha value is -3.27. The van der Waals surface area contributed by atoms with Crippen LogP contribution in [0.3, 0.4) is 0 Å². The van der Waals surface area contributed by atoms with Gasteiger partial charge >= 0.3 is 6.03 Å². The van der Waals surface area contributed by atoms with Crippen LogP contribution in [0.5, 0.6) is 5.75 Å². The van der Waals surface area contributed by atoms with E-state index in [9.17, 15) is 4.79 Å². The molecule has 27 heavy (non-hydrogen) atoms. The van der Waals surface area contributed by atoms with Gasteiger partial charge in [0.1, 0.15) is 12.4 Å². The number of hydrogen-bond donors (Lipinski definition) is 1. The maximum atomic E-state index is 12.8. The van der Waals surface area contributed by atoms with Crippen LogP contribution in [-0.4, -0.2) is 19.2 Å². The van der Waals surface area contributed by atoms with Crippen molar-refractivity contribution in [2.45, 2.75) is 13.5 Å². The highest BCUT2D eigenvalue weighted by molar-refractivity contribution is 5.91. The van der Waals surface area contributed by atoms with Crippen molar-refractivity contribution >= 4 is 11.7 Å². The zero-order valence-corrected chi connectivity index (χ0v) is 15.5. The van der Waals surface area contributed by atoms with Gasteiger partial charge in [0.15, 0.2) is 0 Å². The lowest BCUT2D eigenvalue weighted by atomic mass is 10.2. The van der Waals surface area contributed by atoms with E-state index in [1.807, 2.05) is 91.9 Å². The smallest absolute Gasteiger partial charge is 0.322 e. The van der Waals surface area contributed by atoms with Crippen LogP contribution in [0.15, 0.2) is 84.9 Å². The molecule has 0 radical (unpaired) electrons. The van der Waals surface area contributed by atoms with E-state index < -0.39 is 0 Å². The van der Waals surface area contributed by atoms with Gasteiger partial charge in [0, 0.05) is 5.69 Å². The summed E-state index contributed by atoms with van der Waals surface area (Å²) in [5, 5.41) is 2.95. The van der Waals surface area contributed by atoms with Crippen LogP contribution in [-0.2, 0) is 6.54 Å². The number of carbonyl (C=O) groups is 1. The molecule has 0 heterocycles. The van der Waals surface area contributed by atoms with Gasteiger partial charge < -0.3 is 10.1 Å². The van der Waals surface area contributed by atoms with Gasteiger partial charge in [0.05, 0.1) is 13.1 Å². The van der Waals surface area contributed by atoms with Crippen molar-refractivity contribution < 1.29 is 9.53 Å². The largest absolute Gasteiger partial charge is 0.492 e. The molecule has 2 amide bonds. The van der Waals surface area contributed by atoms with Crippen molar-refractivity contribution in [3.05, 3.63) is 96.1 Å². The number of rotatable bonds is 7. The van der Waals surface area contributed by atoms with E-state index in [1.54, 1.807) is 4.90 Å². The van der Waals surface area contributed by atoms with Crippen molar-refractivity contribution in [1.82, 2.24) is 5.32 Å². The Labute approximate surface area is 160 Å². The number of hydrogen-bond acceptors (Lipinski definition) is 2. The molecular formula is C23H24N2O2. The highest BCUT2D eigenvalue weighted by Gasteiger charge is 2.15. The van der Waals surface area contributed by atoms with E-state index in [1.165, 1.54) is 5.56 Å². The molecule has 0 saturated carbocycles. The average Bonchev–Trinajstić information content (AvgIpc) is 2.72. The normalized spacial score (nSPS) is 10.3. The van der Waals surface area contributed by atoms with Crippen LogP contribution in [0, 0.1) is 6.92 Å². The fourth-order valence-electron chi connectivity index (χ4n) is 2.71. The molecule has 0 unspecified atom stereocenters. The minimum atomic E-state index is -0.141. The molecule has 1 N–H and O–H groups in total. The summed E-state index contributed by atoms with van der Waals surface area (Å²) in [5.74, 6) is 0.805. The molecule has 0 aliphatic heterocycles. The standard InChI is InChI=1S/C23H24N2O2/c1-19-12-14-22(15-13-19)27-17-16-24-23(26)25(21-10-6-3-7-11-21)18-20-8-4-2-5-9-20/h2-15H,16-18H2,1H3,(H,24,26). The molecule has 3 aromatic rings. The van der Waals surface area contributed by atoms with E-state index in [2.05, 4.69) is 5.32 Å². The third-order valence-corrected chi connectivity index (χ3v) is 4.16. The Morgan fingerprint density at radius 3 is 2.19 bits per heavy atom. The Kier molecular flexibility index (Phi) is 6.47. The van der Waals surface area contributed by atoms with Crippen LogP contribution < -0.4 is 15.0 Å². The molecule has 0 aliphatic carbocycles. The van der Waals surface area contributed by atoms with Gasteiger partial charge in [-0.05, 0) is 36.8 Å². The molecule has 0 bridgehead atoms. The lowest BCUT2D eigenvalue weighted by Crippen LogP contribution is -2.41. The predicted octanol–water partition coefficient (Wildman–Crippen LogP) is 4.79. The first-order valence-corrected chi connectivity index (χ1v) is 9.06. The summed E-state index contributed by atoms with van der Waals surface area (Å²) < 4.78 is 5.68. The van der Waals surface area contributed by atoms with E-state index in [0.29, 0.717) is 19.7 Å². The van der Waals surface area contributed by atoms with Gasteiger partial charge in [-0.2, -0.15) is 0 Å². The first-order valence-electron chi connectivity index (χ1n) is 9.06. The predicted molar refractivity (Wildman–Crippen MR) is 109 cm³/mol. The minimum Gasteiger partial charge on any atom is -0.492 e. The van der Waals surface area contributed by atoms with Gasteiger partial charge in [0.2, 0.25) is 0 Å². The Bertz CT molecular complexity index is 833. The molecule has 138 valence electrons. The molecule has 3 rings (SSSR count). The summed E-state index contributed by atoms with van der Waals surface area (Å²) in [5.41, 5.74) is 3.13. The number of ether oxygens (including phenoxy) is 1. The molecule has 0 spiro atoms. The van der Waals surface area contributed by atoms with Gasteiger partial charge in [-0.25, -0.2) is 4.79 Å². The molecule has 3 aromatic carbocycles. The zero-order valence-electron chi connectivity index (χ0n) is 15.5. The van der Waals surface area contributed by atoms with Crippen LogP contribution >= 0.6 is 0 Å². The number of carbonyl (C=O) groups excluding carboxylic acids is 1. The fraction of sp³-hybridized carbons (Fsp3) is 0.174. The second-order valence-corrected chi connectivity index (χ2v) is 6.30. The van der Waals surface area contributed by atoms with Crippen LogP contribution in [0.25, 0.3) is 0 Å². The second-order valence-electron chi connectivity index (χ2n) is 6.30. The van der Waals surface area contributed by atoms with Gasteiger partial charge in [-0.3, -0.25) is 4.90 Å². The monoisotopic (exact) mass is 360 g/mol. The van der Waals surface area contributed by atoms with Crippen molar-refractivity contribution in [3.63, 3.8) is 0 Å². The molecule has 4 nitrogen and oxygen atoms in total. The minimum absolute atomic E-state index is 0.141. The van der Waals surface area contributed by atoms with Crippen LogP contribution in [0.2, 0.25) is 0 Å². The third kappa shape index (κ3) is 5.61. The molecule has 4 heteroatoms. The number of anilines is 1. The highest BCUT2D eigenvalue weighted by atomic mass is 16.5. The summed E-state index contributed by atoms with van der Waals surface area (Å²) >= 11 is 0. The second kappa shape index (κ2) is 9.43. The molecule has 0 saturated heterocycles. The van der Waals surface area contributed by atoms with Gasteiger partial charge in [-0.15, -0.1) is 0 Å². The van der Waals surface area contributed by atoms with E-state index >= 15 is 0 Å². The SMILES string of the molecule is Cc1ccc(OCCNC(=O)N(Cc2ccccc2)c2ccccc2)cc1. The highest BCUT2D eigenvalue weighted by Crippen LogP contribution is 2.17. The van der Waals surface area contributed by atoms with E-state index in [0.717, 1.165) is 17.0 Å². The van der Waals surface area contributed by atoms with Crippen molar-refractivity contribution in [1.29, 1.82) is 0 Å². The zero-order chi connectivity index (χ0) is 18.9. The summed E-state index contributed by atoms with van der Waals surface area (Å²) in [4.78, 5) is 14.5. The first kappa shape index (κ1) is 18.5. The van der Waals surface area contributed by atoms with Crippen LogP contribution in [0.4, 0.5) is 10.5 Å². The maximum Gasteiger partial charge on any atom is 0.322 e. The number of benzene rings is 3. The molecule has 0 atom stereocenters. The van der Waals surface area contributed by atoms with Crippen molar-refractivity contribution in [2.24, 2.45) is 0 Å². The van der Waals surface area contributed by atoms with Gasteiger partial charge in [-0.1, -0.05) is 66.2 Å². The van der Waals surface area contributed by atoms with Crippen molar-refractivity contribution in [2.75, 3.05) is 18.1 Å². The molecule has 0 aromatic heterocycles. The number of para-hydroxylation sites is 1. The summed E-state index contributed by atoms with van der Waals surface area (Å²) in [7, 11) is 0. The van der Waals surface area contributed by atoms with Gasteiger partial charge in [0.25, 0.3) is 0 Å². The summed E-state index contributed by atoms with van der Waals surface area (Å²) in [6, 6.07) is 27.4. The molecule has 0 fully saturated rings. The number of urea groups is 1. The molecule has 0 aliphatic rings. The Balaban J connectivity index is 1.58. The number of amides is 2. The topological polar surface area (TPSA) is 41.6 Å². The number of nitrogens with one attached hydrogen (secondary N) is 1. The molecular weight excluding hydrogens is 336 g/mol. The number of aryl methyl sites for hydroxylation is 1. The fourth-order valence-corrected chi connectivity index (χ4v) is 2.71. The third-order valence-electron chi connectivity index (χ3n) is 4.16. The lowest BCUT2D eigenvalue weighted by Gasteiger charge is -2.23. The summed E-state index contributed by atoms with van der Waals surface area (Å²) in [6.45, 7) is 3.40. The van der Waals surface area contributed by atoms with E-state index in [-0.39, 0.29) is 6.03 Å². The first-order chi connectivity index (χ1) is 13.2. The Morgan fingerprint density at radius 2 is 1.52 bits per heavy atom. The lowest BCUT2D eigenvalue weighted by molar-refractivity contribution is 0.241. The van der Waals surface area contributed by atoms with E-state index in [4.69, 9.17) is 4.74 Å². The maximum absolute atomic E-state index is 12.8. The quantitative estimate of drug-likeness (QED) is 0.616. The van der Waals surface area contributed by atoms with Crippen LogP contribution in [0.1, 0.15) is 11.1 Å². The number of nitrogens with zero attached hydrogens (tertiary/aromatic N) is 1.